The second-order valence-electron chi connectivity index (χ2n) is 3.85. The molecule has 2 N–H and O–H groups in total. The summed E-state index contributed by atoms with van der Waals surface area (Å²) in [6.07, 6.45) is 2.73. The van der Waals surface area contributed by atoms with E-state index in [9.17, 15) is 0 Å². The largest absolute Gasteiger partial charge is 0.324 e. The average molecular weight is 300 g/mol. The van der Waals surface area contributed by atoms with E-state index in [0.717, 1.165) is 22.2 Å². The van der Waals surface area contributed by atoms with E-state index < -0.39 is 0 Å². The maximum Gasteiger partial charge on any atom is 0.0540 e. The van der Waals surface area contributed by atoms with E-state index in [1.54, 1.807) is 11.3 Å². The molecule has 0 aliphatic heterocycles. The fourth-order valence-electron chi connectivity index (χ4n) is 1.67. The van der Waals surface area contributed by atoms with Crippen molar-refractivity contribution in [2.45, 2.75) is 19.4 Å². The summed E-state index contributed by atoms with van der Waals surface area (Å²) in [5.41, 5.74) is 8.46. The fraction of sp³-hybridized carbons (Fsp3) is 0.364. The molecule has 0 saturated heterocycles. The standard InChI is InChI=1S/C11H14BrN3S/c1-7-10(5-14-15(7)2)11(13)4-9-3-8(12)6-16-9/h3,5-6,11H,4,13H2,1-2H3. The van der Waals surface area contributed by atoms with E-state index in [0.29, 0.717) is 0 Å². The monoisotopic (exact) mass is 299 g/mol. The van der Waals surface area contributed by atoms with Crippen LogP contribution in [0.5, 0.6) is 0 Å². The molecule has 2 heterocycles. The Hall–Kier alpha value is -0.650. The van der Waals surface area contributed by atoms with Crippen LogP contribution in [0.2, 0.25) is 0 Å². The highest BCUT2D eigenvalue weighted by Gasteiger charge is 2.13. The van der Waals surface area contributed by atoms with Crippen molar-refractivity contribution in [3.8, 4) is 0 Å². The smallest absolute Gasteiger partial charge is 0.0540 e. The zero-order valence-electron chi connectivity index (χ0n) is 9.27. The normalized spacial score (nSPS) is 13.0. The molecule has 16 heavy (non-hydrogen) atoms. The topological polar surface area (TPSA) is 43.8 Å². The Morgan fingerprint density at radius 2 is 2.38 bits per heavy atom. The van der Waals surface area contributed by atoms with E-state index in [4.69, 9.17) is 5.73 Å². The third-order valence-electron chi connectivity index (χ3n) is 2.72. The zero-order chi connectivity index (χ0) is 11.7. The van der Waals surface area contributed by atoms with Crippen molar-refractivity contribution in [1.29, 1.82) is 0 Å². The minimum Gasteiger partial charge on any atom is -0.324 e. The molecule has 2 aromatic heterocycles. The fourth-order valence-corrected chi connectivity index (χ4v) is 3.18. The molecule has 0 fully saturated rings. The highest BCUT2D eigenvalue weighted by atomic mass is 79.9. The van der Waals surface area contributed by atoms with Crippen LogP contribution in [0.1, 0.15) is 22.2 Å². The number of thiophene rings is 1. The Bertz CT molecular complexity index is 489. The maximum atomic E-state index is 6.19. The van der Waals surface area contributed by atoms with Crippen LogP contribution in [-0.4, -0.2) is 9.78 Å². The maximum absolute atomic E-state index is 6.19. The molecule has 3 nitrogen and oxygen atoms in total. The summed E-state index contributed by atoms with van der Waals surface area (Å²) in [5, 5.41) is 6.30. The highest BCUT2D eigenvalue weighted by molar-refractivity contribution is 9.10. The van der Waals surface area contributed by atoms with Crippen LogP contribution >= 0.6 is 27.3 Å². The summed E-state index contributed by atoms with van der Waals surface area (Å²) in [5.74, 6) is 0. The van der Waals surface area contributed by atoms with Gasteiger partial charge in [0.15, 0.2) is 0 Å². The van der Waals surface area contributed by atoms with Gasteiger partial charge in [0.2, 0.25) is 0 Å². The predicted octanol–water partition coefficient (Wildman–Crippen LogP) is 2.80. The predicted molar refractivity (Wildman–Crippen MR) is 70.6 cm³/mol. The number of nitrogens with two attached hydrogens (primary N) is 1. The molecule has 1 atom stereocenters. The first-order valence-corrected chi connectivity index (χ1v) is 6.72. The van der Waals surface area contributed by atoms with E-state index in [1.807, 2.05) is 24.9 Å². The molecule has 5 heteroatoms. The van der Waals surface area contributed by atoms with Gasteiger partial charge in [0.1, 0.15) is 0 Å². The van der Waals surface area contributed by atoms with Gasteiger partial charge in [-0.3, -0.25) is 4.68 Å². The van der Waals surface area contributed by atoms with Gasteiger partial charge in [0, 0.05) is 45.5 Å². The molecule has 0 bridgehead atoms. The van der Waals surface area contributed by atoms with Crippen molar-refractivity contribution < 1.29 is 0 Å². The Morgan fingerprint density at radius 1 is 1.62 bits per heavy atom. The first-order valence-electron chi connectivity index (χ1n) is 5.05. The number of aryl methyl sites for hydroxylation is 1. The minimum atomic E-state index is 0.0271. The SMILES string of the molecule is Cc1c(C(N)Cc2cc(Br)cs2)cnn1C. The lowest BCUT2D eigenvalue weighted by Gasteiger charge is -2.09. The molecule has 0 spiro atoms. The van der Waals surface area contributed by atoms with E-state index in [-0.39, 0.29) is 6.04 Å². The van der Waals surface area contributed by atoms with Crippen LogP contribution < -0.4 is 5.73 Å². The minimum absolute atomic E-state index is 0.0271. The summed E-state index contributed by atoms with van der Waals surface area (Å²) in [6, 6.07) is 2.15. The molecule has 0 aliphatic carbocycles. The third kappa shape index (κ3) is 2.36. The zero-order valence-corrected chi connectivity index (χ0v) is 11.7. The van der Waals surface area contributed by atoms with Gasteiger partial charge >= 0.3 is 0 Å². The number of hydrogen-bond donors (Lipinski definition) is 1. The lowest BCUT2D eigenvalue weighted by molar-refractivity contribution is 0.705. The highest BCUT2D eigenvalue weighted by Crippen LogP contribution is 2.25. The van der Waals surface area contributed by atoms with E-state index >= 15 is 0 Å². The Labute approximate surface area is 107 Å². The summed E-state index contributed by atoms with van der Waals surface area (Å²) in [6.45, 7) is 2.05. The second kappa shape index (κ2) is 4.69. The van der Waals surface area contributed by atoms with Gasteiger partial charge in [-0.25, -0.2) is 0 Å². The summed E-state index contributed by atoms with van der Waals surface area (Å²) in [4.78, 5) is 1.29. The lowest BCUT2D eigenvalue weighted by Crippen LogP contribution is -2.13. The number of aromatic nitrogens is 2. The second-order valence-corrected chi connectivity index (χ2v) is 5.76. The summed E-state index contributed by atoms with van der Waals surface area (Å²) < 4.78 is 2.99. The molecule has 0 aromatic carbocycles. The lowest BCUT2D eigenvalue weighted by atomic mass is 10.1. The molecule has 1 unspecified atom stereocenters. The quantitative estimate of drug-likeness (QED) is 0.947. The van der Waals surface area contributed by atoms with Crippen LogP contribution in [0.15, 0.2) is 22.1 Å². The Balaban J connectivity index is 2.14. The average Bonchev–Trinajstić information content (AvgIpc) is 2.76. The summed E-state index contributed by atoms with van der Waals surface area (Å²) in [7, 11) is 1.94. The Morgan fingerprint density at radius 3 is 2.88 bits per heavy atom. The third-order valence-corrected chi connectivity index (χ3v) is 4.44. The first kappa shape index (κ1) is 11.8. The molecular weight excluding hydrogens is 286 g/mol. The van der Waals surface area contributed by atoms with Gasteiger partial charge in [0.25, 0.3) is 0 Å². The van der Waals surface area contributed by atoms with Crippen molar-refractivity contribution in [2.24, 2.45) is 12.8 Å². The van der Waals surface area contributed by atoms with Crippen LogP contribution in [0.3, 0.4) is 0 Å². The van der Waals surface area contributed by atoms with Crippen LogP contribution in [0, 0.1) is 6.92 Å². The van der Waals surface area contributed by atoms with Gasteiger partial charge in [-0.05, 0) is 28.9 Å². The van der Waals surface area contributed by atoms with Crippen molar-refractivity contribution >= 4 is 27.3 Å². The molecule has 86 valence electrons. The first-order chi connectivity index (χ1) is 7.58. The van der Waals surface area contributed by atoms with Crippen LogP contribution in [-0.2, 0) is 13.5 Å². The molecule has 2 aromatic rings. The number of rotatable bonds is 3. The van der Waals surface area contributed by atoms with E-state index in [1.165, 1.54) is 4.88 Å². The van der Waals surface area contributed by atoms with Crippen molar-refractivity contribution in [3.05, 3.63) is 38.3 Å². The van der Waals surface area contributed by atoms with E-state index in [2.05, 4.69) is 32.5 Å². The van der Waals surface area contributed by atoms with Crippen LogP contribution in [0.25, 0.3) is 0 Å². The Kier molecular flexibility index (Phi) is 3.47. The number of nitrogens with zero attached hydrogens (tertiary/aromatic N) is 2. The molecular formula is C11H14BrN3S. The van der Waals surface area contributed by atoms with Gasteiger partial charge in [-0.15, -0.1) is 11.3 Å². The van der Waals surface area contributed by atoms with Gasteiger partial charge in [-0.2, -0.15) is 5.10 Å². The van der Waals surface area contributed by atoms with Crippen molar-refractivity contribution in [3.63, 3.8) is 0 Å². The van der Waals surface area contributed by atoms with Gasteiger partial charge in [-0.1, -0.05) is 0 Å². The summed E-state index contributed by atoms with van der Waals surface area (Å²) >= 11 is 5.18. The van der Waals surface area contributed by atoms with Gasteiger partial charge < -0.3 is 5.73 Å². The number of hydrogen-bond acceptors (Lipinski definition) is 3. The van der Waals surface area contributed by atoms with Crippen LogP contribution in [0.4, 0.5) is 0 Å². The molecule has 0 saturated carbocycles. The number of halogens is 1. The molecule has 2 rings (SSSR count). The van der Waals surface area contributed by atoms with Crippen molar-refractivity contribution in [1.82, 2.24) is 9.78 Å². The molecule has 0 aliphatic rings. The molecule has 0 amide bonds. The van der Waals surface area contributed by atoms with Gasteiger partial charge in [0.05, 0.1) is 6.20 Å². The molecule has 0 radical (unpaired) electrons. The van der Waals surface area contributed by atoms with Crippen molar-refractivity contribution in [2.75, 3.05) is 0 Å².